The number of aliphatic carboxylic acids is 1. The number of benzene rings is 1. The Balaban J connectivity index is 1.40. The van der Waals surface area contributed by atoms with Gasteiger partial charge >= 0.3 is 5.97 Å². The number of nitrogens with zero attached hydrogens (tertiary/aromatic N) is 1. The van der Waals surface area contributed by atoms with Gasteiger partial charge in [0.05, 0.1) is 12.1 Å². The van der Waals surface area contributed by atoms with Crippen LogP contribution in [-0.2, 0) is 16.8 Å². The summed E-state index contributed by atoms with van der Waals surface area (Å²) in [5.74, 6) is 2.65. The van der Waals surface area contributed by atoms with Crippen LogP contribution < -0.4 is 4.74 Å². The Labute approximate surface area is 182 Å². The third kappa shape index (κ3) is 3.71. The minimum atomic E-state index is -0.889. The zero-order chi connectivity index (χ0) is 20.7. The third-order valence-corrected chi connectivity index (χ3v) is 7.67. The Hall–Kier alpha value is -2.07. The summed E-state index contributed by atoms with van der Waals surface area (Å²) >= 11 is 5.95. The van der Waals surface area contributed by atoms with Crippen molar-refractivity contribution in [3.63, 3.8) is 0 Å². The van der Waals surface area contributed by atoms with Crippen molar-refractivity contribution in [3.8, 4) is 5.75 Å². The lowest BCUT2D eigenvalue weighted by Gasteiger charge is -2.57. The maximum atomic E-state index is 11.0. The third-order valence-electron chi connectivity index (χ3n) is 7.56. The maximum absolute atomic E-state index is 11.0. The van der Waals surface area contributed by atoms with Crippen LogP contribution in [0.25, 0.3) is 0 Å². The molecule has 5 aliphatic rings. The average Bonchev–Trinajstić information content (AvgIpc) is 2.72. The Morgan fingerprint density at radius 2 is 1.83 bits per heavy atom. The second kappa shape index (κ2) is 7.88. The molecule has 0 aromatic heterocycles. The standard InChI is InChI=1S/C25H28ClNO3/c26-15-30-23-6-1-16(14-27-21-4-2-20(3-5-21)24(28)29)10-22(23)25-11-17-7-18(12-25)9-19(8-17)13-25/h1-4,6,10,17-19H,5,7-9,11-15H2,(H,28,29). The van der Waals surface area contributed by atoms with Crippen LogP contribution in [0.4, 0.5) is 0 Å². The first kappa shape index (κ1) is 19.9. The van der Waals surface area contributed by atoms with E-state index in [2.05, 4.69) is 18.2 Å². The number of hydrogen-bond acceptors (Lipinski definition) is 3. The van der Waals surface area contributed by atoms with E-state index in [1.54, 1.807) is 12.2 Å². The highest BCUT2D eigenvalue weighted by Gasteiger charge is 2.52. The summed E-state index contributed by atoms with van der Waals surface area (Å²) in [5.41, 5.74) is 4.00. The summed E-state index contributed by atoms with van der Waals surface area (Å²) in [6.45, 7) is 0.594. The van der Waals surface area contributed by atoms with Gasteiger partial charge in [-0.15, -0.1) is 0 Å². The van der Waals surface area contributed by atoms with Gasteiger partial charge in [0.1, 0.15) is 5.75 Å². The molecule has 4 bridgehead atoms. The van der Waals surface area contributed by atoms with E-state index in [-0.39, 0.29) is 11.5 Å². The molecule has 0 saturated heterocycles. The smallest absolute Gasteiger partial charge is 0.335 e. The molecule has 0 amide bonds. The van der Waals surface area contributed by atoms with E-state index in [9.17, 15) is 4.79 Å². The molecule has 30 heavy (non-hydrogen) atoms. The quantitative estimate of drug-likeness (QED) is 0.600. The highest BCUT2D eigenvalue weighted by Crippen LogP contribution is 2.62. The highest BCUT2D eigenvalue weighted by atomic mass is 35.5. The van der Waals surface area contributed by atoms with Crippen molar-refractivity contribution < 1.29 is 14.6 Å². The summed E-state index contributed by atoms with van der Waals surface area (Å²) in [4.78, 5) is 15.8. The number of allylic oxidation sites excluding steroid dienone is 2. The molecule has 0 radical (unpaired) electrons. The van der Waals surface area contributed by atoms with Gasteiger partial charge < -0.3 is 9.84 Å². The molecule has 1 N–H and O–H groups in total. The van der Waals surface area contributed by atoms with Crippen LogP contribution >= 0.6 is 11.6 Å². The zero-order valence-electron chi connectivity index (χ0n) is 17.1. The summed E-state index contributed by atoms with van der Waals surface area (Å²) in [6.07, 6.45) is 13.8. The number of hydrogen-bond donors (Lipinski definition) is 1. The Morgan fingerprint density at radius 1 is 1.13 bits per heavy atom. The van der Waals surface area contributed by atoms with Gasteiger partial charge in [0.25, 0.3) is 0 Å². The SMILES string of the molecule is O=C(O)C1=CCC(=NCc2ccc(OCCl)c(C34CC5CC(CC(C5)C3)C4)c2)C=C1. The molecule has 1 aromatic carbocycles. The number of carboxylic acids is 1. The number of ether oxygens (including phenoxy) is 1. The van der Waals surface area contributed by atoms with Crippen LogP contribution in [0.3, 0.4) is 0 Å². The minimum Gasteiger partial charge on any atom is -0.478 e. The molecule has 6 rings (SSSR count). The largest absolute Gasteiger partial charge is 0.478 e. The lowest BCUT2D eigenvalue weighted by atomic mass is 9.48. The van der Waals surface area contributed by atoms with Gasteiger partial charge in [-0.1, -0.05) is 23.7 Å². The van der Waals surface area contributed by atoms with Crippen molar-refractivity contribution in [2.45, 2.75) is 56.9 Å². The Bertz CT molecular complexity index is 910. The predicted octanol–water partition coefficient (Wildman–Crippen LogP) is 5.64. The van der Waals surface area contributed by atoms with Gasteiger partial charge in [-0.25, -0.2) is 4.79 Å². The fourth-order valence-electron chi connectivity index (χ4n) is 6.72. The van der Waals surface area contributed by atoms with Gasteiger partial charge in [0.2, 0.25) is 0 Å². The van der Waals surface area contributed by atoms with Crippen LogP contribution in [0, 0.1) is 17.8 Å². The summed E-state index contributed by atoms with van der Waals surface area (Å²) in [6, 6.07) is 6.64. The summed E-state index contributed by atoms with van der Waals surface area (Å²) < 4.78 is 5.87. The Kier molecular flexibility index (Phi) is 5.22. The fourth-order valence-corrected chi connectivity index (χ4v) is 6.84. The number of rotatable bonds is 6. The van der Waals surface area contributed by atoms with Gasteiger partial charge in [-0.3, -0.25) is 4.99 Å². The van der Waals surface area contributed by atoms with Crippen LogP contribution in [0.5, 0.6) is 5.75 Å². The average molecular weight is 426 g/mol. The topological polar surface area (TPSA) is 58.9 Å². The fraction of sp³-hybridized carbons (Fsp3) is 0.520. The number of aliphatic imine (C=N–C) groups is 1. The van der Waals surface area contributed by atoms with Crippen LogP contribution in [-0.4, -0.2) is 22.9 Å². The van der Waals surface area contributed by atoms with E-state index >= 15 is 0 Å². The van der Waals surface area contributed by atoms with E-state index in [0.717, 1.165) is 29.2 Å². The highest BCUT2D eigenvalue weighted by molar-refractivity contribution is 6.17. The number of alkyl halides is 1. The monoisotopic (exact) mass is 425 g/mol. The first-order chi connectivity index (χ1) is 14.5. The predicted molar refractivity (Wildman–Crippen MR) is 118 cm³/mol. The molecule has 1 aromatic rings. The maximum Gasteiger partial charge on any atom is 0.335 e. The molecular weight excluding hydrogens is 398 g/mol. The van der Waals surface area contributed by atoms with Crippen LogP contribution in [0.15, 0.2) is 47.0 Å². The van der Waals surface area contributed by atoms with Crippen molar-refractivity contribution in [1.82, 2.24) is 0 Å². The first-order valence-corrected chi connectivity index (χ1v) is 11.5. The molecule has 4 nitrogen and oxygen atoms in total. The summed E-state index contributed by atoms with van der Waals surface area (Å²) in [7, 11) is 0. The first-order valence-electron chi connectivity index (χ1n) is 11.0. The number of carboxylic acid groups (broad SMARTS) is 1. The van der Waals surface area contributed by atoms with E-state index in [4.69, 9.17) is 26.4 Å². The van der Waals surface area contributed by atoms with E-state index in [1.165, 1.54) is 49.7 Å². The van der Waals surface area contributed by atoms with Crippen molar-refractivity contribution in [3.05, 3.63) is 53.1 Å². The molecule has 5 heteroatoms. The minimum absolute atomic E-state index is 0.171. The lowest BCUT2D eigenvalue weighted by Crippen LogP contribution is -2.48. The van der Waals surface area contributed by atoms with Crippen LogP contribution in [0.2, 0.25) is 0 Å². The second-order valence-corrected chi connectivity index (χ2v) is 9.81. The van der Waals surface area contributed by atoms with Gasteiger partial charge in [-0.2, -0.15) is 0 Å². The van der Waals surface area contributed by atoms with Crippen LogP contribution in [0.1, 0.15) is 56.1 Å². The molecule has 0 unspecified atom stereocenters. The second-order valence-electron chi connectivity index (χ2n) is 9.59. The van der Waals surface area contributed by atoms with E-state index in [0.29, 0.717) is 18.5 Å². The van der Waals surface area contributed by atoms with Gasteiger partial charge in [0, 0.05) is 17.7 Å². The molecule has 0 spiro atoms. The molecule has 0 aliphatic heterocycles. The van der Waals surface area contributed by atoms with Crippen molar-refractivity contribution >= 4 is 23.3 Å². The number of carbonyl (C=O) groups is 1. The van der Waals surface area contributed by atoms with Crippen molar-refractivity contribution in [2.24, 2.45) is 22.7 Å². The Morgan fingerprint density at radius 3 is 2.40 bits per heavy atom. The molecule has 0 heterocycles. The normalized spacial score (nSPS) is 33.0. The molecular formula is C25H28ClNO3. The number of halogens is 1. The van der Waals surface area contributed by atoms with Crippen molar-refractivity contribution in [1.29, 1.82) is 0 Å². The molecule has 0 atom stereocenters. The van der Waals surface area contributed by atoms with E-state index in [1.807, 2.05) is 6.08 Å². The zero-order valence-corrected chi connectivity index (χ0v) is 17.9. The lowest BCUT2D eigenvalue weighted by molar-refractivity contribution is -0.132. The molecule has 158 valence electrons. The molecule has 4 saturated carbocycles. The van der Waals surface area contributed by atoms with Gasteiger partial charge in [0.15, 0.2) is 6.07 Å². The molecule has 4 fully saturated rings. The van der Waals surface area contributed by atoms with Crippen molar-refractivity contribution in [2.75, 3.05) is 6.07 Å². The van der Waals surface area contributed by atoms with Gasteiger partial charge in [-0.05, 0) is 91.5 Å². The van der Waals surface area contributed by atoms with E-state index < -0.39 is 5.97 Å². The summed E-state index contributed by atoms with van der Waals surface area (Å²) in [5, 5.41) is 9.07. The molecule has 5 aliphatic carbocycles.